The molecular formula is C15H15FN2S. The first kappa shape index (κ1) is 13.5. The van der Waals surface area contributed by atoms with Crippen LogP contribution in [-0.4, -0.2) is 11.7 Å². The van der Waals surface area contributed by atoms with Gasteiger partial charge in [0.05, 0.1) is 0 Å². The van der Waals surface area contributed by atoms with Crippen LogP contribution in [0, 0.1) is 5.82 Å². The first-order valence-electron chi connectivity index (χ1n) is 6.08. The molecule has 2 aromatic carbocycles. The van der Waals surface area contributed by atoms with Crippen LogP contribution in [0.5, 0.6) is 0 Å². The van der Waals surface area contributed by atoms with Crippen molar-refractivity contribution in [2.24, 2.45) is 0 Å². The second-order valence-electron chi connectivity index (χ2n) is 4.12. The number of nitrogens with one attached hydrogen (secondary N) is 2. The summed E-state index contributed by atoms with van der Waals surface area (Å²) in [5.74, 6) is -0.256. The van der Waals surface area contributed by atoms with Crippen LogP contribution >= 0.6 is 12.2 Å². The summed E-state index contributed by atoms with van der Waals surface area (Å²) >= 11 is 5.17. The van der Waals surface area contributed by atoms with Gasteiger partial charge < -0.3 is 10.6 Å². The summed E-state index contributed by atoms with van der Waals surface area (Å²) in [6.45, 7) is 0.761. The van der Waals surface area contributed by atoms with E-state index in [0.29, 0.717) is 5.11 Å². The van der Waals surface area contributed by atoms with E-state index in [9.17, 15) is 4.39 Å². The van der Waals surface area contributed by atoms with Gasteiger partial charge in [-0.15, -0.1) is 0 Å². The van der Waals surface area contributed by atoms with Gasteiger partial charge in [0.1, 0.15) is 5.82 Å². The second-order valence-corrected chi connectivity index (χ2v) is 4.53. The number of benzene rings is 2. The van der Waals surface area contributed by atoms with E-state index in [1.165, 1.54) is 17.7 Å². The maximum Gasteiger partial charge on any atom is 0.170 e. The minimum atomic E-state index is -0.256. The molecule has 0 aromatic heterocycles. The largest absolute Gasteiger partial charge is 0.362 e. The number of hydrogen-bond donors (Lipinski definition) is 2. The first-order valence-corrected chi connectivity index (χ1v) is 6.49. The predicted molar refractivity (Wildman–Crippen MR) is 80.8 cm³/mol. The van der Waals surface area contributed by atoms with E-state index >= 15 is 0 Å². The van der Waals surface area contributed by atoms with Crippen molar-refractivity contribution in [2.45, 2.75) is 6.42 Å². The Morgan fingerprint density at radius 2 is 1.68 bits per heavy atom. The molecule has 0 heterocycles. The minimum Gasteiger partial charge on any atom is -0.362 e. The fraction of sp³-hybridized carbons (Fsp3) is 0.133. The Labute approximate surface area is 117 Å². The molecular weight excluding hydrogens is 259 g/mol. The van der Waals surface area contributed by atoms with Crippen LogP contribution < -0.4 is 10.6 Å². The Kier molecular flexibility index (Phi) is 4.86. The average Bonchev–Trinajstić information content (AvgIpc) is 2.43. The van der Waals surface area contributed by atoms with Crippen LogP contribution in [-0.2, 0) is 6.42 Å². The van der Waals surface area contributed by atoms with Crippen molar-refractivity contribution >= 4 is 23.0 Å². The van der Waals surface area contributed by atoms with Crippen molar-refractivity contribution in [1.29, 1.82) is 0 Å². The lowest BCUT2D eigenvalue weighted by Crippen LogP contribution is -2.30. The van der Waals surface area contributed by atoms with Crippen molar-refractivity contribution in [1.82, 2.24) is 5.32 Å². The molecule has 0 aliphatic carbocycles. The van der Waals surface area contributed by atoms with Gasteiger partial charge in [0, 0.05) is 12.2 Å². The van der Waals surface area contributed by atoms with E-state index in [1.807, 2.05) is 18.2 Å². The van der Waals surface area contributed by atoms with E-state index in [2.05, 4.69) is 22.8 Å². The third-order valence-electron chi connectivity index (χ3n) is 2.64. The average molecular weight is 274 g/mol. The number of hydrogen-bond acceptors (Lipinski definition) is 1. The molecule has 0 amide bonds. The maximum atomic E-state index is 12.7. The Bertz CT molecular complexity index is 526. The molecule has 2 rings (SSSR count). The van der Waals surface area contributed by atoms with Gasteiger partial charge in [0.2, 0.25) is 0 Å². The lowest BCUT2D eigenvalue weighted by molar-refractivity contribution is 0.628. The zero-order valence-electron chi connectivity index (χ0n) is 10.4. The molecule has 2 aromatic rings. The Balaban J connectivity index is 1.74. The molecule has 0 fully saturated rings. The standard InChI is InChI=1S/C15H15FN2S/c16-13-6-8-14(9-7-13)18-15(19)17-11-10-12-4-2-1-3-5-12/h1-9H,10-11H2,(H2,17,18,19). The van der Waals surface area contributed by atoms with Crippen LogP contribution in [0.4, 0.5) is 10.1 Å². The molecule has 0 aliphatic rings. The Morgan fingerprint density at radius 3 is 2.37 bits per heavy atom. The van der Waals surface area contributed by atoms with Gasteiger partial charge >= 0.3 is 0 Å². The molecule has 0 bridgehead atoms. The van der Waals surface area contributed by atoms with Crippen LogP contribution in [0.1, 0.15) is 5.56 Å². The highest BCUT2D eigenvalue weighted by molar-refractivity contribution is 7.80. The molecule has 0 saturated heterocycles. The van der Waals surface area contributed by atoms with Crippen molar-refractivity contribution < 1.29 is 4.39 Å². The quantitative estimate of drug-likeness (QED) is 0.836. The first-order chi connectivity index (χ1) is 9.24. The van der Waals surface area contributed by atoms with E-state index < -0.39 is 0 Å². The van der Waals surface area contributed by atoms with Crippen molar-refractivity contribution in [3.05, 3.63) is 66.0 Å². The van der Waals surface area contributed by atoms with Gasteiger partial charge in [-0.3, -0.25) is 0 Å². The molecule has 0 saturated carbocycles. The van der Waals surface area contributed by atoms with Gasteiger partial charge in [0.15, 0.2) is 5.11 Å². The fourth-order valence-corrected chi connectivity index (χ4v) is 1.89. The summed E-state index contributed by atoms with van der Waals surface area (Å²) in [4.78, 5) is 0. The van der Waals surface area contributed by atoms with Crippen LogP contribution in [0.25, 0.3) is 0 Å². The molecule has 98 valence electrons. The lowest BCUT2D eigenvalue weighted by Gasteiger charge is -2.10. The van der Waals surface area contributed by atoms with E-state index in [1.54, 1.807) is 12.1 Å². The summed E-state index contributed by atoms with van der Waals surface area (Å²) < 4.78 is 12.7. The highest BCUT2D eigenvalue weighted by atomic mass is 32.1. The minimum absolute atomic E-state index is 0.256. The summed E-state index contributed by atoms with van der Waals surface area (Å²) in [5.41, 5.74) is 2.04. The summed E-state index contributed by atoms with van der Waals surface area (Å²) in [5, 5.41) is 6.67. The molecule has 0 radical (unpaired) electrons. The molecule has 0 atom stereocenters. The van der Waals surface area contributed by atoms with Gasteiger partial charge in [-0.2, -0.15) is 0 Å². The number of rotatable bonds is 4. The summed E-state index contributed by atoms with van der Waals surface area (Å²) in [7, 11) is 0. The summed E-state index contributed by atoms with van der Waals surface area (Å²) in [6.07, 6.45) is 0.909. The fourth-order valence-electron chi connectivity index (χ4n) is 1.67. The number of thiocarbonyl (C=S) groups is 1. The molecule has 2 nitrogen and oxygen atoms in total. The Morgan fingerprint density at radius 1 is 1.00 bits per heavy atom. The maximum absolute atomic E-state index is 12.7. The molecule has 19 heavy (non-hydrogen) atoms. The molecule has 0 spiro atoms. The zero-order chi connectivity index (χ0) is 13.5. The molecule has 4 heteroatoms. The van der Waals surface area contributed by atoms with Crippen molar-refractivity contribution in [3.63, 3.8) is 0 Å². The highest BCUT2D eigenvalue weighted by Crippen LogP contribution is 2.07. The van der Waals surface area contributed by atoms with Crippen LogP contribution in [0.15, 0.2) is 54.6 Å². The number of halogens is 1. The lowest BCUT2D eigenvalue weighted by atomic mass is 10.1. The van der Waals surface area contributed by atoms with E-state index in [-0.39, 0.29) is 5.82 Å². The topological polar surface area (TPSA) is 24.1 Å². The third-order valence-corrected chi connectivity index (χ3v) is 2.89. The van der Waals surface area contributed by atoms with E-state index in [0.717, 1.165) is 18.7 Å². The van der Waals surface area contributed by atoms with Crippen LogP contribution in [0.3, 0.4) is 0 Å². The number of anilines is 1. The van der Waals surface area contributed by atoms with Gasteiger partial charge in [0.25, 0.3) is 0 Å². The highest BCUT2D eigenvalue weighted by Gasteiger charge is 1.98. The van der Waals surface area contributed by atoms with Crippen molar-refractivity contribution in [2.75, 3.05) is 11.9 Å². The van der Waals surface area contributed by atoms with Crippen molar-refractivity contribution in [3.8, 4) is 0 Å². The van der Waals surface area contributed by atoms with Gasteiger partial charge in [-0.05, 0) is 48.5 Å². The normalized spacial score (nSPS) is 9.95. The monoisotopic (exact) mass is 274 g/mol. The molecule has 2 N–H and O–H groups in total. The summed E-state index contributed by atoms with van der Waals surface area (Å²) in [6, 6.07) is 16.3. The second kappa shape index (κ2) is 6.85. The Hall–Kier alpha value is -1.94. The SMILES string of the molecule is Fc1ccc(NC(=S)NCCc2ccccc2)cc1. The molecule has 0 unspecified atom stereocenters. The van der Waals surface area contributed by atoms with Gasteiger partial charge in [-0.25, -0.2) is 4.39 Å². The third kappa shape index (κ3) is 4.67. The molecule has 0 aliphatic heterocycles. The smallest absolute Gasteiger partial charge is 0.170 e. The van der Waals surface area contributed by atoms with Gasteiger partial charge in [-0.1, -0.05) is 30.3 Å². The van der Waals surface area contributed by atoms with Crippen LogP contribution in [0.2, 0.25) is 0 Å². The predicted octanol–water partition coefficient (Wildman–Crippen LogP) is 3.35. The zero-order valence-corrected chi connectivity index (χ0v) is 11.2. The van der Waals surface area contributed by atoms with E-state index in [4.69, 9.17) is 12.2 Å².